The van der Waals surface area contributed by atoms with E-state index in [4.69, 9.17) is 9.73 Å². The summed E-state index contributed by atoms with van der Waals surface area (Å²) >= 11 is 1.69. The van der Waals surface area contributed by atoms with Gasteiger partial charge >= 0.3 is 0 Å². The molecule has 0 atom stereocenters. The zero-order valence-corrected chi connectivity index (χ0v) is 15.9. The van der Waals surface area contributed by atoms with Crippen molar-refractivity contribution < 1.29 is 4.74 Å². The Hall–Kier alpha value is -1.18. The summed E-state index contributed by atoms with van der Waals surface area (Å²) in [7, 11) is 5.91. The van der Waals surface area contributed by atoms with Gasteiger partial charge in [0, 0.05) is 39.2 Å². The standard InChI is InChI=1S/C16H31N5OS/c1-6-17-16(18-8-7-9-20(3)10-11-22-5)21(4)12-15-13-23-14(2)19-15/h13H,6-12H2,1-5H3,(H,17,18). The maximum Gasteiger partial charge on any atom is 0.194 e. The molecule has 132 valence electrons. The number of methoxy groups -OCH3 is 1. The summed E-state index contributed by atoms with van der Waals surface area (Å²) in [5.41, 5.74) is 1.10. The van der Waals surface area contributed by atoms with Crippen LogP contribution in [0.25, 0.3) is 0 Å². The Morgan fingerprint density at radius 2 is 2.17 bits per heavy atom. The van der Waals surface area contributed by atoms with Crippen LogP contribution in [0.1, 0.15) is 24.0 Å². The minimum atomic E-state index is 0.776. The normalized spacial score (nSPS) is 12.0. The Kier molecular flexibility index (Phi) is 9.82. The molecule has 1 heterocycles. The molecule has 0 bridgehead atoms. The molecule has 0 aliphatic carbocycles. The van der Waals surface area contributed by atoms with Gasteiger partial charge in [-0.2, -0.15) is 0 Å². The van der Waals surface area contributed by atoms with E-state index in [9.17, 15) is 0 Å². The third kappa shape index (κ3) is 8.29. The van der Waals surface area contributed by atoms with E-state index in [0.717, 1.165) is 62.4 Å². The summed E-state index contributed by atoms with van der Waals surface area (Å²) in [6.07, 6.45) is 1.04. The van der Waals surface area contributed by atoms with Crippen LogP contribution in [0.4, 0.5) is 0 Å². The maximum atomic E-state index is 5.09. The highest BCUT2D eigenvalue weighted by atomic mass is 32.1. The van der Waals surface area contributed by atoms with Crippen molar-refractivity contribution >= 4 is 17.3 Å². The number of nitrogens with zero attached hydrogens (tertiary/aromatic N) is 4. The second kappa shape index (κ2) is 11.4. The molecule has 0 saturated carbocycles. The minimum Gasteiger partial charge on any atom is -0.383 e. The molecule has 0 aromatic carbocycles. The Morgan fingerprint density at radius 1 is 1.39 bits per heavy atom. The second-order valence-electron chi connectivity index (χ2n) is 5.60. The van der Waals surface area contributed by atoms with E-state index in [1.54, 1.807) is 18.4 Å². The number of likely N-dealkylation sites (N-methyl/N-ethyl adjacent to an activating group) is 1. The quantitative estimate of drug-likeness (QED) is 0.400. The number of hydrogen-bond donors (Lipinski definition) is 1. The largest absolute Gasteiger partial charge is 0.383 e. The summed E-state index contributed by atoms with van der Waals surface area (Å²) < 4.78 is 5.09. The first kappa shape index (κ1) is 19.9. The lowest BCUT2D eigenvalue weighted by Gasteiger charge is -2.21. The van der Waals surface area contributed by atoms with Gasteiger partial charge in [0.2, 0.25) is 0 Å². The van der Waals surface area contributed by atoms with E-state index in [1.807, 2.05) is 6.92 Å². The van der Waals surface area contributed by atoms with Crippen molar-refractivity contribution in [2.24, 2.45) is 4.99 Å². The van der Waals surface area contributed by atoms with E-state index >= 15 is 0 Å². The van der Waals surface area contributed by atoms with Gasteiger partial charge in [-0.25, -0.2) is 4.98 Å². The van der Waals surface area contributed by atoms with Crippen LogP contribution in [0.5, 0.6) is 0 Å². The molecule has 7 heteroatoms. The van der Waals surface area contributed by atoms with Crippen molar-refractivity contribution in [1.82, 2.24) is 20.1 Å². The van der Waals surface area contributed by atoms with Crippen molar-refractivity contribution in [2.75, 3.05) is 54.0 Å². The predicted octanol–water partition coefficient (Wildman–Crippen LogP) is 1.82. The fraction of sp³-hybridized carbons (Fsp3) is 0.750. The van der Waals surface area contributed by atoms with Crippen molar-refractivity contribution in [3.05, 3.63) is 16.1 Å². The first-order valence-electron chi connectivity index (χ1n) is 8.14. The van der Waals surface area contributed by atoms with Crippen LogP contribution in [0.3, 0.4) is 0 Å². The topological polar surface area (TPSA) is 53.0 Å². The molecule has 1 aromatic heterocycles. The Balaban J connectivity index is 2.42. The molecule has 1 N–H and O–H groups in total. The smallest absolute Gasteiger partial charge is 0.194 e. The van der Waals surface area contributed by atoms with E-state index < -0.39 is 0 Å². The molecule has 1 rings (SSSR count). The summed E-state index contributed by atoms with van der Waals surface area (Å²) in [5, 5.41) is 6.57. The molecule has 0 saturated heterocycles. The van der Waals surface area contributed by atoms with Crippen molar-refractivity contribution in [1.29, 1.82) is 0 Å². The van der Waals surface area contributed by atoms with Gasteiger partial charge in [0.1, 0.15) is 0 Å². The Bertz CT molecular complexity index is 463. The highest BCUT2D eigenvalue weighted by molar-refractivity contribution is 7.09. The maximum absolute atomic E-state index is 5.09. The van der Waals surface area contributed by atoms with Crippen molar-refractivity contribution in [3.63, 3.8) is 0 Å². The van der Waals surface area contributed by atoms with Gasteiger partial charge in [0.05, 0.1) is 23.9 Å². The van der Waals surface area contributed by atoms with E-state index in [0.29, 0.717) is 0 Å². The number of thiazole rings is 1. The highest BCUT2D eigenvalue weighted by Gasteiger charge is 2.08. The van der Waals surface area contributed by atoms with E-state index in [-0.39, 0.29) is 0 Å². The third-order valence-corrected chi connectivity index (χ3v) is 4.22. The predicted molar refractivity (Wildman–Crippen MR) is 98.3 cm³/mol. The first-order valence-corrected chi connectivity index (χ1v) is 9.02. The lowest BCUT2D eigenvalue weighted by molar-refractivity contribution is 0.161. The van der Waals surface area contributed by atoms with Crippen LogP contribution in [-0.4, -0.2) is 74.7 Å². The number of aliphatic imine (C=N–C) groups is 1. The van der Waals surface area contributed by atoms with Gasteiger partial charge in [0.25, 0.3) is 0 Å². The molecule has 6 nitrogen and oxygen atoms in total. The van der Waals surface area contributed by atoms with Gasteiger partial charge < -0.3 is 19.9 Å². The first-order chi connectivity index (χ1) is 11.1. The summed E-state index contributed by atoms with van der Waals surface area (Å²) in [4.78, 5) is 13.6. The van der Waals surface area contributed by atoms with Gasteiger partial charge in [-0.3, -0.25) is 4.99 Å². The Morgan fingerprint density at radius 3 is 2.78 bits per heavy atom. The van der Waals surface area contributed by atoms with Crippen LogP contribution in [0.2, 0.25) is 0 Å². The van der Waals surface area contributed by atoms with E-state index in [2.05, 4.69) is 46.5 Å². The number of aryl methyl sites for hydroxylation is 1. The molecule has 0 amide bonds. The molecule has 1 aromatic rings. The monoisotopic (exact) mass is 341 g/mol. The molecular weight excluding hydrogens is 310 g/mol. The summed E-state index contributed by atoms with van der Waals surface area (Å²) in [6.45, 7) is 9.36. The lowest BCUT2D eigenvalue weighted by Crippen LogP contribution is -2.38. The molecule has 0 fully saturated rings. The summed E-state index contributed by atoms with van der Waals surface area (Å²) in [5.74, 6) is 0.942. The van der Waals surface area contributed by atoms with Gasteiger partial charge in [0.15, 0.2) is 5.96 Å². The third-order valence-electron chi connectivity index (χ3n) is 3.40. The highest BCUT2D eigenvalue weighted by Crippen LogP contribution is 2.09. The molecule has 0 spiro atoms. The molecule has 0 unspecified atom stereocenters. The number of hydrogen-bond acceptors (Lipinski definition) is 5. The van der Waals surface area contributed by atoms with Crippen LogP contribution in [0.15, 0.2) is 10.4 Å². The zero-order valence-electron chi connectivity index (χ0n) is 15.1. The van der Waals surface area contributed by atoms with Gasteiger partial charge in [-0.1, -0.05) is 0 Å². The number of nitrogens with one attached hydrogen (secondary N) is 1. The van der Waals surface area contributed by atoms with Crippen LogP contribution in [-0.2, 0) is 11.3 Å². The molecule has 0 aliphatic heterocycles. The SMILES string of the molecule is CCNC(=NCCCN(C)CCOC)N(C)Cc1csc(C)n1. The van der Waals surface area contributed by atoms with Crippen LogP contribution >= 0.6 is 11.3 Å². The van der Waals surface area contributed by atoms with Crippen LogP contribution < -0.4 is 5.32 Å². The number of rotatable bonds is 10. The summed E-state index contributed by atoms with van der Waals surface area (Å²) in [6, 6.07) is 0. The fourth-order valence-electron chi connectivity index (χ4n) is 2.15. The van der Waals surface area contributed by atoms with E-state index in [1.165, 1.54) is 0 Å². The van der Waals surface area contributed by atoms with Crippen molar-refractivity contribution in [3.8, 4) is 0 Å². The number of aromatic nitrogens is 1. The number of guanidine groups is 1. The fourth-order valence-corrected chi connectivity index (χ4v) is 2.76. The minimum absolute atomic E-state index is 0.776. The van der Waals surface area contributed by atoms with Gasteiger partial charge in [-0.05, 0) is 33.9 Å². The zero-order chi connectivity index (χ0) is 17.1. The van der Waals surface area contributed by atoms with Crippen molar-refractivity contribution in [2.45, 2.75) is 26.8 Å². The average molecular weight is 342 g/mol. The molecule has 0 aliphatic rings. The molecule has 23 heavy (non-hydrogen) atoms. The molecular formula is C16H31N5OS. The average Bonchev–Trinajstić information content (AvgIpc) is 2.93. The Labute approximate surface area is 144 Å². The second-order valence-corrected chi connectivity index (χ2v) is 6.66. The van der Waals surface area contributed by atoms with Gasteiger partial charge in [-0.15, -0.1) is 11.3 Å². The lowest BCUT2D eigenvalue weighted by atomic mass is 10.4. The van der Waals surface area contributed by atoms with Crippen LogP contribution in [0, 0.1) is 6.92 Å². The number of ether oxygens (including phenoxy) is 1. The molecule has 0 radical (unpaired) electrons.